The summed E-state index contributed by atoms with van der Waals surface area (Å²) in [7, 11) is 0. The minimum atomic E-state index is -0.953. The fraction of sp³-hybridized carbons (Fsp3) is 0.500. The van der Waals surface area contributed by atoms with Crippen LogP contribution in [0.1, 0.15) is 37.6 Å². The number of amides is 1. The molecule has 0 aliphatic carbocycles. The molecule has 0 radical (unpaired) electrons. The largest absolute Gasteiger partial charge is 0.396 e. The number of nitrogens with two attached hydrogens (primary N) is 1. The second-order valence-corrected chi connectivity index (χ2v) is 6.45. The van der Waals surface area contributed by atoms with Crippen molar-refractivity contribution in [3.05, 3.63) is 27.7 Å². The van der Waals surface area contributed by atoms with Crippen LogP contribution < -0.4 is 11.1 Å². The van der Waals surface area contributed by atoms with Gasteiger partial charge in [0.05, 0.1) is 21.3 Å². The van der Waals surface area contributed by atoms with Crippen LogP contribution >= 0.6 is 23.2 Å². The molecule has 0 aromatic heterocycles. The highest BCUT2D eigenvalue weighted by Gasteiger charge is 2.23. The van der Waals surface area contributed by atoms with Crippen LogP contribution in [0.25, 0.3) is 0 Å². The number of benzene rings is 1. The Morgan fingerprint density at radius 3 is 2.35 bits per heavy atom. The molecule has 1 atom stereocenters. The highest BCUT2D eigenvalue weighted by molar-refractivity contribution is 6.39. The normalized spacial score (nSPS) is 14.2. The molecule has 1 rings (SSSR count). The zero-order chi connectivity index (χ0) is 15.5. The quantitative estimate of drug-likeness (QED) is 0.730. The number of halogens is 2. The Morgan fingerprint density at radius 1 is 1.40 bits per heavy atom. The highest BCUT2D eigenvalue weighted by Crippen LogP contribution is 2.28. The molecule has 1 aromatic rings. The average molecular weight is 319 g/mol. The van der Waals surface area contributed by atoms with Crippen LogP contribution in [0.15, 0.2) is 12.1 Å². The number of aliphatic hydroxyl groups is 1. The van der Waals surface area contributed by atoms with Gasteiger partial charge in [0.25, 0.3) is 5.91 Å². The summed E-state index contributed by atoms with van der Waals surface area (Å²) in [5.74, 6) is -0.0138. The zero-order valence-electron chi connectivity index (χ0n) is 11.8. The molecule has 0 aliphatic rings. The van der Waals surface area contributed by atoms with Crippen molar-refractivity contribution in [1.82, 2.24) is 5.32 Å². The summed E-state index contributed by atoms with van der Waals surface area (Å²) in [6.45, 7) is 5.87. The second-order valence-electron chi connectivity index (χ2n) is 5.63. The molecule has 0 heterocycles. The Labute approximate surface area is 129 Å². The maximum Gasteiger partial charge on any atom is 0.251 e. The van der Waals surface area contributed by atoms with E-state index < -0.39 is 5.60 Å². The summed E-state index contributed by atoms with van der Waals surface area (Å²) in [5, 5.41) is 13.3. The highest BCUT2D eigenvalue weighted by atomic mass is 35.5. The van der Waals surface area contributed by atoms with E-state index in [2.05, 4.69) is 5.32 Å². The van der Waals surface area contributed by atoms with Crippen molar-refractivity contribution in [3.8, 4) is 0 Å². The van der Waals surface area contributed by atoms with E-state index in [0.29, 0.717) is 17.9 Å². The molecular weight excluding hydrogens is 299 g/mol. The Bertz CT molecular complexity index is 479. The van der Waals surface area contributed by atoms with Gasteiger partial charge >= 0.3 is 0 Å². The van der Waals surface area contributed by atoms with E-state index in [4.69, 9.17) is 28.9 Å². The van der Waals surface area contributed by atoms with Gasteiger partial charge in [0.1, 0.15) is 0 Å². The third kappa shape index (κ3) is 4.85. The molecule has 4 N–H and O–H groups in total. The molecule has 0 aliphatic heterocycles. The van der Waals surface area contributed by atoms with E-state index in [-0.39, 0.29) is 28.2 Å². The molecule has 0 spiro atoms. The number of carbonyl (C=O) groups is 1. The summed E-state index contributed by atoms with van der Waals surface area (Å²) in [6, 6.07) is 2.91. The summed E-state index contributed by atoms with van der Waals surface area (Å²) in [4.78, 5) is 12.0. The minimum absolute atomic E-state index is 0.156. The lowest BCUT2D eigenvalue weighted by Crippen LogP contribution is -2.41. The molecule has 0 bridgehead atoms. The Balaban J connectivity index is 2.73. The smallest absolute Gasteiger partial charge is 0.251 e. The summed E-state index contributed by atoms with van der Waals surface area (Å²) in [6.07, 6.45) is 0.594. The summed E-state index contributed by atoms with van der Waals surface area (Å²) >= 11 is 11.8. The lowest BCUT2D eigenvalue weighted by atomic mass is 9.94. The topological polar surface area (TPSA) is 75.3 Å². The minimum Gasteiger partial charge on any atom is -0.396 e. The van der Waals surface area contributed by atoms with Gasteiger partial charge in [-0.2, -0.15) is 0 Å². The van der Waals surface area contributed by atoms with Gasteiger partial charge in [-0.15, -0.1) is 0 Å². The molecule has 1 aromatic carbocycles. The average Bonchev–Trinajstić information content (AvgIpc) is 2.31. The van der Waals surface area contributed by atoms with Gasteiger partial charge in [-0.3, -0.25) is 4.79 Å². The van der Waals surface area contributed by atoms with E-state index in [0.717, 1.165) is 0 Å². The van der Waals surface area contributed by atoms with E-state index >= 15 is 0 Å². The van der Waals surface area contributed by atoms with Crippen LogP contribution in [0.4, 0.5) is 5.69 Å². The van der Waals surface area contributed by atoms with Gasteiger partial charge in [-0.1, -0.05) is 37.0 Å². The van der Waals surface area contributed by atoms with Crippen molar-refractivity contribution in [2.45, 2.75) is 32.8 Å². The first-order valence-electron chi connectivity index (χ1n) is 6.37. The molecule has 112 valence electrons. The number of nitrogens with one attached hydrogen (secondary N) is 1. The van der Waals surface area contributed by atoms with Crippen LogP contribution in [0.2, 0.25) is 10.0 Å². The van der Waals surface area contributed by atoms with Crippen molar-refractivity contribution in [2.24, 2.45) is 5.92 Å². The number of anilines is 1. The van der Waals surface area contributed by atoms with Crippen molar-refractivity contribution >= 4 is 34.8 Å². The third-order valence-corrected chi connectivity index (χ3v) is 3.44. The Hall–Kier alpha value is -0.970. The maximum atomic E-state index is 12.0. The van der Waals surface area contributed by atoms with E-state index in [1.165, 1.54) is 12.1 Å². The van der Waals surface area contributed by atoms with Gasteiger partial charge in [0.2, 0.25) is 0 Å². The zero-order valence-corrected chi connectivity index (χ0v) is 13.3. The van der Waals surface area contributed by atoms with Gasteiger partial charge in [0.15, 0.2) is 0 Å². The van der Waals surface area contributed by atoms with Crippen LogP contribution in [-0.4, -0.2) is 23.2 Å². The van der Waals surface area contributed by atoms with Crippen molar-refractivity contribution in [1.29, 1.82) is 0 Å². The van der Waals surface area contributed by atoms with Crippen LogP contribution in [0.5, 0.6) is 0 Å². The molecule has 6 heteroatoms. The molecule has 1 amide bonds. The summed E-state index contributed by atoms with van der Waals surface area (Å²) in [5.41, 5.74) is 5.22. The predicted octanol–water partition coefficient (Wildman–Crippen LogP) is 3.10. The molecule has 20 heavy (non-hydrogen) atoms. The first-order valence-corrected chi connectivity index (χ1v) is 7.13. The van der Waals surface area contributed by atoms with Gasteiger partial charge in [-0.05, 0) is 31.4 Å². The van der Waals surface area contributed by atoms with Gasteiger partial charge < -0.3 is 16.2 Å². The van der Waals surface area contributed by atoms with Crippen LogP contribution in [-0.2, 0) is 0 Å². The van der Waals surface area contributed by atoms with Crippen molar-refractivity contribution in [3.63, 3.8) is 0 Å². The second kappa shape index (κ2) is 6.66. The number of hydrogen-bond acceptors (Lipinski definition) is 3. The Morgan fingerprint density at radius 2 is 1.90 bits per heavy atom. The number of rotatable bonds is 5. The van der Waals surface area contributed by atoms with Crippen LogP contribution in [0.3, 0.4) is 0 Å². The lowest BCUT2D eigenvalue weighted by molar-refractivity contribution is 0.0368. The van der Waals surface area contributed by atoms with E-state index in [1.54, 1.807) is 6.92 Å². The SMILES string of the molecule is CC(C)CC(C)(O)CNC(=O)c1cc(Cl)c(N)c(Cl)c1. The molecule has 0 saturated heterocycles. The van der Waals surface area contributed by atoms with E-state index in [9.17, 15) is 9.90 Å². The fourth-order valence-corrected chi connectivity index (χ4v) is 2.53. The monoisotopic (exact) mass is 318 g/mol. The molecular formula is C14H20Cl2N2O2. The molecule has 0 fully saturated rings. The lowest BCUT2D eigenvalue weighted by Gasteiger charge is -2.25. The van der Waals surface area contributed by atoms with Gasteiger partial charge in [-0.25, -0.2) is 0 Å². The van der Waals surface area contributed by atoms with E-state index in [1.807, 2.05) is 13.8 Å². The Kier molecular flexibility index (Phi) is 5.68. The van der Waals surface area contributed by atoms with Gasteiger partial charge in [0, 0.05) is 12.1 Å². The maximum absolute atomic E-state index is 12.0. The summed E-state index contributed by atoms with van der Waals surface area (Å²) < 4.78 is 0. The third-order valence-electron chi connectivity index (χ3n) is 2.82. The first-order chi connectivity index (χ1) is 9.12. The molecule has 0 saturated carbocycles. The van der Waals surface area contributed by atoms with Crippen molar-refractivity contribution < 1.29 is 9.90 Å². The van der Waals surface area contributed by atoms with Crippen LogP contribution in [0, 0.1) is 5.92 Å². The number of hydrogen-bond donors (Lipinski definition) is 3. The number of carbonyl (C=O) groups excluding carboxylic acids is 1. The predicted molar refractivity (Wildman–Crippen MR) is 83.3 cm³/mol. The number of nitrogen functional groups attached to an aromatic ring is 1. The fourth-order valence-electron chi connectivity index (χ4n) is 2.04. The molecule has 4 nitrogen and oxygen atoms in total. The molecule has 1 unspecified atom stereocenters. The van der Waals surface area contributed by atoms with Crippen molar-refractivity contribution in [2.75, 3.05) is 12.3 Å². The standard InChI is InChI=1S/C14H20Cl2N2O2/c1-8(2)6-14(3,20)7-18-13(19)9-4-10(15)12(17)11(16)5-9/h4-5,8,20H,6-7,17H2,1-3H3,(H,18,19). The first kappa shape index (κ1) is 17.1.